The number of ether oxygens (including phenoxy) is 1. The molecule has 110 valence electrons. The smallest absolute Gasteiger partial charge is 0.262 e. The molecule has 0 saturated heterocycles. The van der Waals surface area contributed by atoms with Crippen LogP contribution in [0.5, 0.6) is 0 Å². The van der Waals surface area contributed by atoms with Gasteiger partial charge in [-0.25, -0.2) is 0 Å². The molecule has 1 heterocycles. The summed E-state index contributed by atoms with van der Waals surface area (Å²) in [4.78, 5) is 12.6. The van der Waals surface area contributed by atoms with E-state index in [0.717, 1.165) is 25.0 Å². The quantitative estimate of drug-likeness (QED) is 0.570. The first-order chi connectivity index (χ1) is 9.79. The summed E-state index contributed by atoms with van der Waals surface area (Å²) in [5.74, 6) is 5.64. The molecule has 5 heteroatoms. The summed E-state index contributed by atoms with van der Waals surface area (Å²) in [6.45, 7) is 4.14. The fourth-order valence-electron chi connectivity index (χ4n) is 1.50. The maximum Gasteiger partial charge on any atom is 0.262 e. The first-order valence-electron chi connectivity index (χ1n) is 6.82. The van der Waals surface area contributed by atoms with Crippen molar-refractivity contribution in [3.63, 3.8) is 0 Å². The Bertz CT molecular complexity index is 459. The fraction of sp³-hybridized carbons (Fsp3) is 0.533. The number of aliphatic hydroxyl groups excluding tert-OH is 1. The van der Waals surface area contributed by atoms with Gasteiger partial charge < -0.3 is 15.2 Å². The van der Waals surface area contributed by atoms with E-state index in [1.165, 1.54) is 11.3 Å². The summed E-state index contributed by atoms with van der Waals surface area (Å²) in [6, 6.07) is 1.83. The Kier molecular flexibility index (Phi) is 8.72. The third-order valence-electron chi connectivity index (χ3n) is 2.43. The van der Waals surface area contributed by atoms with Gasteiger partial charge in [0.25, 0.3) is 5.91 Å². The SMILES string of the molecule is CCCOCCCNC(=O)c1sccc1C#CCCO. The average molecular weight is 295 g/mol. The highest BCUT2D eigenvalue weighted by Gasteiger charge is 2.10. The van der Waals surface area contributed by atoms with Gasteiger partial charge in [-0.3, -0.25) is 4.79 Å². The van der Waals surface area contributed by atoms with Crippen LogP contribution in [-0.2, 0) is 4.74 Å². The van der Waals surface area contributed by atoms with Gasteiger partial charge in [-0.2, -0.15) is 0 Å². The number of hydrogen-bond donors (Lipinski definition) is 2. The first-order valence-corrected chi connectivity index (χ1v) is 7.70. The van der Waals surface area contributed by atoms with Gasteiger partial charge in [-0.15, -0.1) is 11.3 Å². The predicted octanol–water partition coefficient (Wildman–Crippen LogP) is 2.03. The summed E-state index contributed by atoms with van der Waals surface area (Å²) in [7, 11) is 0. The van der Waals surface area contributed by atoms with Crippen molar-refractivity contribution in [3.8, 4) is 11.8 Å². The average Bonchev–Trinajstić information content (AvgIpc) is 2.91. The maximum atomic E-state index is 12.0. The minimum atomic E-state index is -0.0937. The van der Waals surface area contributed by atoms with E-state index in [-0.39, 0.29) is 12.5 Å². The summed E-state index contributed by atoms with van der Waals surface area (Å²) in [5.41, 5.74) is 0.725. The molecule has 1 aromatic heterocycles. The topological polar surface area (TPSA) is 58.6 Å². The number of carbonyl (C=O) groups is 1. The standard InChI is InChI=1S/C15H21NO3S/c1-2-10-19-11-5-8-16-15(18)14-13(7-12-20-14)6-3-4-9-17/h7,12,17H,2,4-5,8-11H2,1H3,(H,16,18). The van der Waals surface area contributed by atoms with Crippen LogP contribution in [0.25, 0.3) is 0 Å². The molecule has 0 radical (unpaired) electrons. The lowest BCUT2D eigenvalue weighted by molar-refractivity contribution is 0.0945. The van der Waals surface area contributed by atoms with E-state index in [4.69, 9.17) is 9.84 Å². The highest BCUT2D eigenvalue weighted by Crippen LogP contribution is 2.15. The van der Waals surface area contributed by atoms with Crippen LogP contribution >= 0.6 is 11.3 Å². The molecule has 1 amide bonds. The molecule has 1 aromatic rings. The lowest BCUT2D eigenvalue weighted by atomic mass is 10.2. The van der Waals surface area contributed by atoms with E-state index in [9.17, 15) is 4.79 Å². The second-order valence-electron chi connectivity index (χ2n) is 4.16. The predicted molar refractivity (Wildman–Crippen MR) is 81.0 cm³/mol. The zero-order chi connectivity index (χ0) is 14.6. The van der Waals surface area contributed by atoms with Crippen LogP contribution in [0.2, 0.25) is 0 Å². The Balaban J connectivity index is 2.37. The van der Waals surface area contributed by atoms with Crippen LogP contribution in [0.4, 0.5) is 0 Å². The van der Waals surface area contributed by atoms with Gasteiger partial charge in [0.1, 0.15) is 4.88 Å². The normalized spacial score (nSPS) is 9.90. The molecule has 0 unspecified atom stereocenters. The molecule has 4 nitrogen and oxygen atoms in total. The maximum absolute atomic E-state index is 12.0. The first kappa shape index (κ1) is 16.7. The lowest BCUT2D eigenvalue weighted by Gasteiger charge is -2.05. The molecule has 0 saturated carbocycles. The monoisotopic (exact) mass is 295 g/mol. The van der Waals surface area contributed by atoms with Crippen molar-refractivity contribution in [2.75, 3.05) is 26.4 Å². The third-order valence-corrected chi connectivity index (χ3v) is 3.34. The summed E-state index contributed by atoms with van der Waals surface area (Å²) in [6.07, 6.45) is 2.24. The largest absolute Gasteiger partial charge is 0.395 e. The molecule has 0 aliphatic carbocycles. The molecule has 0 aromatic carbocycles. The van der Waals surface area contributed by atoms with Gasteiger partial charge in [0, 0.05) is 31.7 Å². The second kappa shape index (κ2) is 10.4. The highest BCUT2D eigenvalue weighted by atomic mass is 32.1. The van der Waals surface area contributed by atoms with Gasteiger partial charge in [-0.1, -0.05) is 18.8 Å². The molecular weight excluding hydrogens is 274 g/mol. The molecule has 0 fully saturated rings. The molecule has 1 rings (SSSR count). The lowest BCUT2D eigenvalue weighted by Crippen LogP contribution is -2.25. The van der Waals surface area contributed by atoms with Crippen molar-refractivity contribution < 1.29 is 14.6 Å². The number of hydrogen-bond acceptors (Lipinski definition) is 4. The van der Waals surface area contributed by atoms with Crippen molar-refractivity contribution in [2.24, 2.45) is 0 Å². The van der Waals surface area contributed by atoms with Crippen LogP contribution in [0.1, 0.15) is 41.4 Å². The molecule has 20 heavy (non-hydrogen) atoms. The van der Waals surface area contributed by atoms with Crippen molar-refractivity contribution in [1.29, 1.82) is 0 Å². The number of amides is 1. The Morgan fingerprint density at radius 3 is 3.10 bits per heavy atom. The summed E-state index contributed by atoms with van der Waals surface area (Å²) < 4.78 is 5.35. The van der Waals surface area contributed by atoms with E-state index in [2.05, 4.69) is 24.1 Å². The minimum absolute atomic E-state index is 0.0381. The second-order valence-corrected chi connectivity index (χ2v) is 5.08. The van der Waals surface area contributed by atoms with Gasteiger partial charge in [0.2, 0.25) is 0 Å². The van der Waals surface area contributed by atoms with Crippen molar-refractivity contribution >= 4 is 17.2 Å². The van der Waals surface area contributed by atoms with Crippen molar-refractivity contribution in [2.45, 2.75) is 26.2 Å². The molecular formula is C15H21NO3S. The van der Waals surface area contributed by atoms with Gasteiger partial charge >= 0.3 is 0 Å². The molecule has 0 atom stereocenters. The Morgan fingerprint density at radius 1 is 1.50 bits per heavy atom. The van der Waals surface area contributed by atoms with Crippen LogP contribution < -0.4 is 5.32 Å². The van der Waals surface area contributed by atoms with Gasteiger partial charge in [-0.05, 0) is 24.3 Å². The number of rotatable bonds is 8. The molecule has 0 spiro atoms. The van der Waals surface area contributed by atoms with Crippen LogP contribution in [0.3, 0.4) is 0 Å². The van der Waals surface area contributed by atoms with Crippen molar-refractivity contribution in [3.05, 3.63) is 21.9 Å². The summed E-state index contributed by atoms with van der Waals surface area (Å²) >= 11 is 1.38. The van der Waals surface area contributed by atoms with E-state index >= 15 is 0 Å². The van der Waals surface area contributed by atoms with E-state index in [0.29, 0.717) is 24.4 Å². The van der Waals surface area contributed by atoms with Crippen LogP contribution in [-0.4, -0.2) is 37.4 Å². The number of carbonyl (C=O) groups excluding carboxylic acids is 1. The highest BCUT2D eigenvalue weighted by molar-refractivity contribution is 7.12. The zero-order valence-corrected chi connectivity index (χ0v) is 12.6. The number of thiophene rings is 1. The Labute approximate surface area is 124 Å². The van der Waals surface area contributed by atoms with Crippen LogP contribution in [0, 0.1) is 11.8 Å². The Hall–Kier alpha value is -1.35. The Morgan fingerprint density at radius 2 is 2.35 bits per heavy atom. The van der Waals surface area contributed by atoms with Crippen LogP contribution in [0.15, 0.2) is 11.4 Å². The molecule has 0 aliphatic heterocycles. The van der Waals surface area contributed by atoms with E-state index in [1.807, 2.05) is 11.4 Å². The fourth-order valence-corrected chi connectivity index (χ4v) is 2.27. The number of nitrogens with one attached hydrogen (secondary N) is 1. The van der Waals surface area contributed by atoms with Gasteiger partial charge in [0.05, 0.1) is 6.61 Å². The molecule has 0 bridgehead atoms. The van der Waals surface area contributed by atoms with E-state index < -0.39 is 0 Å². The third kappa shape index (κ3) is 6.20. The summed E-state index contributed by atoms with van der Waals surface area (Å²) in [5, 5.41) is 13.4. The molecule has 2 N–H and O–H groups in total. The van der Waals surface area contributed by atoms with Crippen molar-refractivity contribution in [1.82, 2.24) is 5.32 Å². The number of aliphatic hydroxyl groups is 1. The molecule has 0 aliphatic rings. The van der Waals surface area contributed by atoms with E-state index in [1.54, 1.807) is 0 Å². The zero-order valence-electron chi connectivity index (χ0n) is 11.8. The minimum Gasteiger partial charge on any atom is -0.395 e. The van der Waals surface area contributed by atoms with Gasteiger partial charge in [0.15, 0.2) is 0 Å².